The molecule has 0 N–H and O–H groups in total. The van der Waals surface area contributed by atoms with E-state index in [0.29, 0.717) is 22.3 Å². The number of fused-ring (bicyclic) bond motifs is 14. The highest BCUT2D eigenvalue weighted by molar-refractivity contribution is 7.32. The molecule has 12 heteroatoms. The zero-order valence-electron chi connectivity index (χ0n) is 35.6. The van der Waals surface area contributed by atoms with Gasteiger partial charge in [0.05, 0.1) is 13.2 Å². The largest absolute Gasteiger partial charge is 0.399 e. The van der Waals surface area contributed by atoms with E-state index in [1.165, 1.54) is 0 Å². The van der Waals surface area contributed by atoms with Gasteiger partial charge in [0.1, 0.15) is 46.7 Å². The second kappa shape index (κ2) is 15.5. The zero-order valence-corrected chi connectivity index (χ0v) is 37.3. The minimum absolute atomic E-state index is 0.198. The molecule has 2 aliphatic rings. The van der Waals surface area contributed by atoms with Crippen LogP contribution in [0, 0.1) is 0 Å². The SMILES string of the molecule is CC1(C)OCC(C(Op2oc3ccc4ccccc4c3c3c(ccc4ccccc43)o2)C(Op2oc3ccc4ccccc4c3c3c(ccc4ccccc43)o2)C2COC(C)(C)O2)O1. The molecule has 4 heterocycles. The summed E-state index contributed by atoms with van der Waals surface area (Å²) in [5.74, 6) is -1.83. The predicted molar refractivity (Wildman–Crippen MR) is 253 cm³/mol. The van der Waals surface area contributed by atoms with Crippen LogP contribution >= 0.6 is 16.5 Å². The van der Waals surface area contributed by atoms with Crippen LogP contribution < -0.4 is 9.05 Å². The third-order valence-electron chi connectivity index (χ3n) is 12.3. The Labute approximate surface area is 369 Å². The summed E-state index contributed by atoms with van der Waals surface area (Å²) in [6.45, 7) is 7.93. The minimum Gasteiger partial charge on any atom is -0.399 e. The molecule has 0 amide bonds. The lowest BCUT2D eigenvalue weighted by Crippen LogP contribution is -2.52. The lowest BCUT2D eigenvalue weighted by atomic mass is 9.99. The topological polar surface area (TPSA) is 108 Å². The number of ether oxygens (including phenoxy) is 4. The van der Waals surface area contributed by atoms with Crippen molar-refractivity contribution >= 4 is 103 Å². The average molecular weight is 891 g/mol. The summed E-state index contributed by atoms with van der Waals surface area (Å²) < 4.78 is 67.9. The number of benzene rings is 8. The van der Waals surface area contributed by atoms with Gasteiger partial charge in [0.15, 0.2) is 11.6 Å². The van der Waals surface area contributed by atoms with Crippen LogP contribution in [0.25, 0.3) is 87.0 Å². The lowest BCUT2D eigenvalue weighted by Gasteiger charge is -2.32. The standard InChI is InChI=1S/C52H44O10P2/c1-51(2)53-29-43(55-51)49(61-63-57-39-25-21-31-13-5-9-17-35(31)45(39)46-36-18-10-6-14-32(36)22-26-40(46)58-63)50(44-30-54-52(3,4)56-44)62-64-59-41-27-23-33-15-7-11-19-37(33)47(41)48-38-20-12-8-16-34(38)24-28-42(48)60-64/h5-28,43-44,49-50H,29-30H2,1-4H3. The van der Waals surface area contributed by atoms with Gasteiger partial charge in [-0.1, -0.05) is 121 Å². The molecule has 2 aromatic heterocycles. The molecule has 322 valence electrons. The lowest BCUT2D eigenvalue weighted by molar-refractivity contribution is -0.169. The van der Waals surface area contributed by atoms with E-state index in [1.54, 1.807) is 0 Å². The van der Waals surface area contributed by atoms with E-state index < -0.39 is 52.5 Å². The first-order chi connectivity index (χ1) is 31.1. The summed E-state index contributed by atoms with van der Waals surface area (Å²) in [5.41, 5.74) is 2.53. The second-order valence-corrected chi connectivity index (χ2v) is 19.4. The van der Waals surface area contributed by atoms with Crippen molar-refractivity contribution in [3.63, 3.8) is 0 Å². The van der Waals surface area contributed by atoms with Crippen LogP contribution in [0.2, 0.25) is 0 Å². The number of rotatable bonds is 7. The van der Waals surface area contributed by atoms with E-state index in [-0.39, 0.29) is 13.2 Å². The minimum atomic E-state index is -2.18. The molecule has 0 aliphatic carbocycles. The molecule has 0 spiro atoms. The van der Waals surface area contributed by atoms with Crippen molar-refractivity contribution < 1.29 is 44.8 Å². The summed E-state index contributed by atoms with van der Waals surface area (Å²) >= 11 is 0. The van der Waals surface area contributed by atoms with E-state index >= 15 is 0 Å². The fourth-order valence-corrected chi connectivity index (χ4v) is 11.8. The van der Waals surface area contributed by atoms with Crippen LogP contribution in [-0.2, 0) is 18.9 Å². The van der Waals surface area contributed by atoms with Gasteiger partial charge in [-0.25, -0.2) is 0 Å². The maximum Gasteiger partial charge on any atom is 0.387 e. The van der Waals surface area contributed by atoms with Gasteiger partial charge in [-0.15, -0.1) is 0 Å². The molecule has 4 atom stereocenters. The average Bonchev–Trinajstić information content (AvgIpc) is 3.74. The highest BCUT2D eigenvalue weighted by Gasteiger charge is 2.50. The summed E-state index contributed by atoms with van der Waals surface area (Å²) in [6, 6.07) is 49.5. The number of hydrogen-bond acceptors (Lipinski definition) is 10. The Kier molecular flexibility index (Phi) is 9.68. The molecule has 2 fully saturated rings. The van der Waals surface area contributed by atoms with Crippen molar-refractivity contribution in [1.82, 2.24) is 0 Å². The molecule has 0 saturated carbocycles. The van der Waals surface area contributed by atoms with Gasteiger partial charge in [-0.05, 0) is 95.1 Å². The van der Waals surface area contributed by atoms with Gasteiger partial charge in [-0.3, -0.25) is 9.05 Å². The van der Waals surface area contributed by atoms with Gasteiger partial charge in [0.25, 0.3) is 0 Å². The van der Waals surface area contributed by atoms with E-state index in [9.17, 15) is 0 Å². The normalized spacial score (nSPS) is 19.4. The van der Waals surface area contributed by atoms with E-state index in [1.807, 2.05) is 100 Å². The van der Waals surface area contributed by atoms with Crippen molar-refractivity contribution in [3.05, 3.63) is 146 Å². The summed E-state index contributed by atoms with van der Waals surface area (Å²) in [7, 11) is -4.36. The fourth-order valence-electron chi connectivity index (χ4n) is 9.42. The Morgan fingerprint density at radius 1 is 0.406 bits per heavy atom. The maximum atomic E-state index is 7.21. The van der Waals surface area contributed by atoms with Gasteiger partial charge in [0.2, 0.25) is 0 Å². The fraction of sp³-hybridized carbons (Fsp3) is 0.231. The molecular formula is C52H44O10P2. The Bertz CT molecular complexity index is 3110. The van der Waals surface area contributed by atoms with Crippen molar-refractivity contribution in [3.8, 4) is 0 Å². The molecule has 8 aromatic carbocycles. The van der Waals surface area contributed by atoms with Crippen LogP contribution in [0.3, 0.4) is 0 Å². The van der Waals surface area contributed by atoms with Gasteiger partial charge in [0, 0.05) is 21.5 Å². The molecule has 0 radical (unpaired) electrons. The zero-order chi connectivity index (χ0) is 43.2. The van der Waals surface area contributed by atoms with Crippen molar-refractivity contribution in [2.75, 3.05) is 13.2 Å². The Morgan fingerprint density at radius 3 is 0.953 bits per heavy atom. The summed E-state index contributed by atoms with van der Waals surface area (Å²) in [4.78, 5) is 0. The van der Waals surface area contributed by atoms with Crippen LogP contribution in [0.15, 0.2) is 162 Å². The van der Waals surface area contributed by atoms with Gasteiger partial charge < -0.3 is 35.7 Å². The molecular weight excluding hydrogens is 847 g/mol. The summed E-state index contributed by atoms with van der Waals surface area (Å²) in [5, 5.41) is 12.2. The van der Waals surface area contributed by atoms with Crippen molar-refractivity contribution in [2.45, 2.75) is 63.7 Å². The van der Waals surface area contributed by atoms with Gasteiger partial charge in [-0.2, -0.15) is 0 Å². The monoisotopic (exact) mass is 890 g/mol. The van der Waals surface area contributed by atoms with Gasteiger partial charge >= 0.3 is 16.5 Å². The molecule has 2 aliphatic heterocycles. The van der Waals surface area contributed by atoms with E-state index in [4.69, 9.17) is 44.8 Å². The van der Waals surface area contributed by atoms with Crippen molar-refractivity contribution in [1.29, 1.82) is 0 Å². The molecule has 64 heavy (non-hydrogen) atoms. The maximum absolute atomic E-state index is 7.21. The Balaban J connectivity index is 1.08. The number of hydrogen-bond donors (Lipinski definition) is 0. The molecule has 0 bridgehead atoms. The van der Waals surface area contributed by atoms with Crippen molar-refractivity contribution in [2.24, 2.45) is 0 Å². The third kappa shape index (κ3) is 7.06. The molecule has 12 rings (SSSR count). The summed E-state index contributed by atoms with van der Waals surface area (Å²) in [6.07, 6.45) is -3.14. The van der Waals surface area contributed by atoms with Crippen LogP contribution in [0.5, 0.6) is 0 Å². The Morgan fingerprint density at radius 2 is 0.688 bits per heavy atom. The smallest absolute Gasteiger partial charge is 0.387 e. The highest BCUT2D eigenvalue weighted by Crippen LogP contribution is 2.45. The molecule has 2 saturated heterocycles. The van der Waals surface area contributed by atoms with Crippen LogP contribution in [-0.4, -0.2) is 49.2 Å². The Hall–Kier alpha value is -5.64. The predicted octanol–water partition coefficient (Wildman–Crippen LogP) is 14.1. The second-order valence-electron chi connectivity index (χ2n) is 17.3. The first-order valence-corrected chi connectivity index (χ1v) is 23.7. The quantitative estimate of drug-likeness (QED) is 0.153. The molecule has 10 aromatic rings. The highest BCUT2D eigenvalue weighted by atomic mass is 31.1. The first kappa shape index (κ1) is 39.9. The van der Waals surface area contributed by atoms with Crippen LogP contribution in [0.1, 0.15) is 27.7 Å². The molecule has 4 unspecified atom stereocenters. The van der Waals surface area contributed by atoms with E-state index in [2.05, 4.69) is 72.8 Å². The molecule has 10 nitrogen and oxygen atoms in total. The first-order valence-electron chi connectivity index (χ1n) is 21.5. The van der Waals surface area contributed by atoms with E-state index in [0.717, 1.165) is 64.6 Å². The third-order valence-corrected chi connectivity index (χ3v) is 14.5. The van der Waals surface area contributed by atoms with Crippen LogP contribution in [0.4, 0.5) is 0 Å².